The molecule has 1 aromatic rings. The van der Waals surface area contributed by atoms with Crippen LogP contribution in [0.2, 0.25) is 0 Å². The van der Waals surface area contributed by atoms with E-state index in [1.54, 1.807) is 31.2 Å². The Hall–Kier alpha value is -1.88. The number of esters is 1. The predicted octanol–water partition coefficient (Wildman–Crippen LogP) is 2.73. The molecule has 1 saturated carbocycles. The maximum atomic E-state index is 12.7. The van der Waals surface area contributed by atoms with Crippen molar-refractivity contribution < 1.29 is 19.1 Å². The first-order chi connectivity index (χ1) is 11.1. The fraction of sp³-hybridized carbons (Fsp3) is 0.556. The van der Waals surface area contributed by atoms with Crippen LogP contribution >= 0.6 is 0 Å². The molecule has 1 aliphatic rings. The second kappa shape index (κ2) is 8.67. The monoisotopic (exact) mass is 319 g/mol. The van der Waals surface area contributed by atoms with Gasteiger partial charge in [-0.15, -0.1) is 0 Å². The zero-order valence-corrected chi connectivity index (χ0v) is 13.8. The Morgan fingerprint density at radius 1 is 1.22 bits per heavy atom. The van der Waals surface area contributed by atoms with Gasteiger partial charge >= 0.3 is 5.97 Å². The molecular formula is C18H25NO4. The van der Waals surface area contributed by atoms with E-state index < -0.39 is 6.04 Å². The first-order valence-electron chi connectivity index (χ1n) is 8.32. The van der Waals surface area contributed by atoms with E-state index in [-0.39, 0.29) is 18.2 Å². The predicted molar refractivity (Wildman–Crippen MR) is 87.8 cm³/mol. The average molecular weight is 319 g/mol. The van der Waals surface area contributed by atoms with Crippen molar-refractivity contribution in [1.29, 1.82) is 0 Å². The number of benzene rings is 1. The van der Waals surface area contributed by atoms with Crippen molar-refractivity contribution >= 4 is 11.8 Å². The quantitative estimate of drug-likeness (QED) is 0.530. The van der Waals surface area contributed by atoms with Crippen LogP contribution in [0.4, 0.5) is 0 Å². The maximum Gasteiger partial charge on any atom is 0.307 e. The Balaban J connectivity index is 2.01. The van der Waals surface area contributed by atoms with Crippen LogP contribution in [0.1, 0.15) is 49.9 Å². The van der Waals surface area contributed by atoms with Crippen molar-refractivity contribution in [2.24, 2.45) is 0 Å². The fourth-order valence-corrected chi connectivity index (χ4v) is 2.28. The van der Waals surface area contributed by atoms with Gasteiger partial charge in [0.2, 0.25) is 0 Å². The molecule has 5 nitrogen and oxygen atoms in total. The topological polar surface area (TPSA) is 64.6 Å². The van der Waals surface area contributed by atoms with Crippen molar-refractivity contribution in [2.75, 3.05) is 13.2 Å². The Morgan fingerprint density at radius 2 is 1.91 bits per heavy atom. The third-order valence-electron chi connectivity index (χ3n) is 3.62. The van der Waals surface area contributed by atoms with Crippen LogP contribution in [0, 0.1) is 0 Å². The Bertz CT molecular complexity index is 522. The first-order valence-corrected chi connectivity index (χ1v) is 8.32. The molecule has 0 saturated heterocycles. The van der Waals surface area contributed by atoms with Crippen molar-refractivity contribution in [3.05, 3.63) is 29.8 Å². The molecule has 1 aromatic carbocycles. The molecule has 0 spiro atoms. The lowest BCUT2D eigenvalue weighted by Crippen LogP contribution is -2.40. The molecule has 0 amide bonds. The van der Waals surface area contributed by atoms with Gasteiger partial charge < -0.3 is 14.8 Å². The first kappa shape index (κ1) is 17.5. The van der Waals surface area contributed by atoms with E-state index >= 15 is 0 Å². The maximum absolute atomic E-state index is 12.7. The van der Waals surface area contributed by atoms with E-state index in [2.05, 4.69) is 5.32 Å². The van der Waals surface area contributed by atoms with Crippen LogP contribution in [-0.4, -0.2) is 37.0 Å². The highest BCUT2D eigenvalue weighted by Crippen LogP contribution is 2.22. The molecule has 0 aromatic heterocycles. The molecule has 0 aliphatic heterocycles. The number of nitrogens with one attached hydrogen (secondary N) is 1. The van der Waals surface area contributed by atoms with Gasteiger partial charge in [0.1, 0.15) is 5.75 Å². The molecule has 0 radical (unpaired) electrons. The molecule has 1 aliphatic carbocycles. The van der Waals surface area contributed by atoms with Crippen molar-refractivity contribution in [3.8, 4) is 5.75 Å². The van der Waals surface area contributed by atoms with Crippen LogP contribution in [0.3, 0.4) is 0 Å². The molecule has 5 heteroatoms. The number of Topliss-reactive ketones (excluding diaryl/α,β-unsaturated/α-hetero) is 1. The smallest absolute Gasteiger partial charge is 0.307 e. The summed E-state index contributed by atoms with van der Waals surface area (Å²) in [5.41, 5.74) is 0.580. The standard InChI is InChI=1S/C18H25NO4/c1-3-11-23-15-9-5-13(6-10-15)18(21)16(19-14-7-8-14)12-17(20)22-4-2/h5-6,9-10,14,16,19H,3-4,7-8,11-12H2,1-2H3. The minimum Gasteiger partial charge on any atom is -0.494 e. The molecule has 23 heavy (non-hydrogen) atoms. The third kappa shape index (κ3) is 5.67. The summed E-state index contributed by atoms with van der Waals surface area (Å²) in [5, 5.41) is 3.25. The fourth-order valence-electron chi connectivity index (χ4n) is 2.28. The lowest BCUT2D eigenvalue weighted by molar-refractivity contribution is -0.143. The highest BCUT2D eigenvalue weighted by atomic mass is 16.5. The molecule has 0 bridgehead atoms. The van der Waals surface area contributed by atoms with Gasteiger partial charge in [0.05, 0.1) is 25.7 Å². The lowest BCUT2D eigenvalue weighted by atomic mass is 10.0. The summed E-state index contributed by atoms with van der Waals surface area (Å²) in [6.07, 6.45) is 3.11. The number of rotatable bonds is 10. The van der Waals surface area contributed by atoms with Crippen LogP contribution in [0.5, 0.6) is 5.75 Å². The summed E-state index contributed by atoms with van der Waals surface area (Å²) in [6, 6.07) is 6.90. The summed E-state index contributed by atoms with van der Waals surface area (Å²) in [4.78, 5) is 24.4. The number of carbonyl (C=O) groups is 2. The molecular weight excluding hydrogens is 294 g/mol. The van der Waals surface area contributed by atoms with Gasteiger partial charge in [-0.1, -0.05) is 6.92 Å². The normalized spacial score (nSPS) is 15.0. The largest absolute Gasteiger partial charge is 0.494 e. The van der Waals surface area contributed by atoms with Crippen LogP contribution in [-0.2, 0) is 9.53 Å². The Morgan fingerprint density at radius 3 is 2.48 bits per heavy atom. The molecule has 1 fully saturated rings. The molecule has 2 rings (SSSR count). The minimum atomic E-state index is -0.524. The van der Waals surface area contributed by atoms with Gasteiger partial charge in [-0.3, -0.25) is 9.59 Å². The van der Waals surface area contributed by atoms with E-state index in [9.17, 15) is 9.59 Å². The van der Waals surface area contributed by atoms with Crippen LogP contribution in [0.25, 0.3) is 0 Å². The third-order valence-corrected chi connectivity index (χ3v) is 3.62. The van der Waals surface area contributed by atoms with Gasteiger partial charge in [-0.25, -0.2) is 0 Å². The van der Waals surface area contributed by atoms with Crippen molar-refractivity contribution in [1.82, 2.24) is 5.32 Å². The number of carbonyl (C=O) groups excluding carboxylic acids is 2. The van der Waals surface area contributed by atoms with Gasteiger partial charge in [0.25, 0.3) is 0 Å². The van der Waals surface area contributed by atoms with E-state index in [0.717, 1.165) is 25.0 Å². The highest BCUT2D eigenvalue weighted by Gasteiger charge is 2.30. The molecule has 0 heterocycles. The van der Waals surface area contributed by atoms with Crippen molar-refractivity contribution in [2.45, 2.75) is 51.6 Å². The van der Waals surface area contributed by atoms with E-state index in [4.69, 9.17) is 9.47 Å². The lowest BCUT2D eigenvalue weighted by Gasteiger charge is -2.17. The van der Waals surface area contributed by atoms with E-state index in [1.807, 2.05) is 6.92 Å². The summed E-state index contributed by atoms with van der Waals surface area (Å²) in [7, 11) is 0. The number of hydrogen-bond acceptors (Lipinski definition) is 5. The van der Waals surface area contributed by atoms with E-state index in [1.165, 1.54) is 0 Å². The van der Waals surface area contributed by atoms with E-state index in [0.29, 0.717) is 24.8 Å². The Kier molecular flexibility index (Phi) is 6.59. The molecule has 1 unspecified atom stereocenters. The number of hydrogen-bond donors (Lipinski definition) is 1. The summed E-state index contributed by atoms with van der Waals surface area (Å²) >= 11 is 0. The van der Waals surface area contributed by atoms with Crippen molar-refractivity contribution in [3.63, 3.8) is 0 Å². The van der Waals surface area contributed by atoms with Gasteiger partial charge in [0.15, 0.2) is 5.78 Å². The van der Waals surface area contributed by atoms with Crippen LogP contribution in [0.15, 0.2) is 24.3 Å². The van der Waals surface area contributed by atoms with Gasteiger partial charge in [-0.05, 0) is 50.5 Å². The average Bonchev–Trinajstić information content (AvgIpc) is 3.36. The zero-order valence-electron chi connectivity index (χ0n) is 13.8. The SMILES string of the molecule is CCCOc1ccc(C(=O)C(CC(=O)OCC)NC2CC2)cc1. The number of ketones is 1. The van der Waals surface area contributed by atoms with Gasteiger partial charge in [-0.2, -0.15) is 0 Å². The Labute approximate surface area is 137 Å². The molecule has 1 atom stereocenters. The second-order valence-electron chi connectivity index (χ2n) is 5.74. The summed E-state index contributed by atoms with van der Waals surface area (Å²) in [5.74, 6) is 0.328. The van der Waals surface area contributed by atoms with Crippen LogP contribution < -0.4 is 10.1 Å². The zero-order chi connectivity index (χ0) is 16.7. The highest BCUT2D eigenvalue weighted by molar-refractivity contribution is 6.02. The molecule has 126 valence electrons. The van der Waals surface area contributed by atoms with Gasteiger partial charge in [0, 0.05) is 11.6 Å². The molecule has 1 N–H and O–H groups in total. The second-order valence-corrected chi connectivity index (χ2v) is 5.74. The number of ether oxygens (including phenoxy) is 2. The summed E-state index contributed by atoms with van der Waals surface area (Å²) in [6.45, 7) is 4.79. The summed E-state index contributed by atoms with van der Waals surface area (Å²) < 4.78 is 10.5. The minimum absolute atomic E-state index is 0.0667.